The van der Waals surface area contributed by atoms with E-state index in [4.69, 9.17) is 0 Å². The smallest absolute Gasteiger partial charge is 0.0755 e. The summed E-state index contributed by atoms with van der Waals surface area (Å²) < 4.78 is 0. The predicted octanol–water partition coefficient (Wildman–Crippen LogP) is 30.2. The third-order valence-corrected chi connectivity index (χ3v) is 26.1. The summed E-state index contributed by atoms with van der Waals surface area (Å²) in [7, 11) is 0. The number of hydrogen-bond donors (Lipinski definition) is 2. The van der Waals surface area contributed by atoms with Gasteiger partial charge in [-0.1, -0.05) is 370 Å². The Morgan fingerprint density at radius 2 is 0.488 bits per heavy atom. The minimum atomic E-state index is -0.432. The minimum Gasteiger partial charge on any atom is -0.356 e. The van der Waals surface area contributed by atoms with Gasteiger partial charge in [-0.05, 0) is 238 Å². The Morgan fingerprint density at radius 1 is 0.179 bits per heavy atom. The van der Waals surface area contributed by atoms with E-state index < -0.39 is 10.8 Å². The highest BCUT2D eigenvalue weighted by Gasteiger charge is 2.55. The summed E-state index contributed by atoms with van der Waals surface area (Å²) in [5.74, 6) is 0. The number of nitrogens with one attached hydrogen (secondary N) is 2. The second kappa shape index (κ2) is 29.9. The van der Waals surface area contributed by atoms with E-state index in [2.05, 4.69) is 505 Å². The molecule has 2 N–H and O–H groups in total. The molecule has 3 aliphatic carbocycles. The quantitative estimate of drug-likeness (QED) is 0.143. The molecule has 0 aromatic heterocycles. The van der Waals surface area contributed by atoms with Gasteiger partial charge >= 0.3 is 0 Å². The molecular formula is C118H83N5. The highest BCUT2D eigenvalue weighted by atomic mass is 15.2. The van der Waals surface area contributed by atoms with Crippen molar-refractivity contribution in [1.29, 1.82) is 0 Å². The van der Waals surface area contributed by atoms with Crippen molar-refractivity contribution in [3.8, 4) is 44.5 Å². The fourth-order valence-electron chi connectivity index (χ4n) is 21.3. The van der Waals surface area contributed by atoms with Crippen LogP contribution in [-0.2, 0) is 22.7 Å². The first-order chi connectivity index (χ1) is 61.0. The lowest BCUT2D eigenvalue weighted by atomic mass is 9.64. The Hall–Kier alpha value is -15.8. The lowest BCUT2D eigenvalue weighted by Gasteiger charge is -2.45. The third kappa shape index (κ3) is 11.5. The molecule has 0 saturated carbocycles. The van der Waals surface area contributed by atoms with Crippen LogP contribution in [0.1, 0.15) is 77.9 Å². The molecule has 6 aliphatic rings. The van der Waals surface area contributed by atoms with E-state index in [9.17, 15) is 0 Å². The van der Waals surface area contributed by atoms with E-state index in [1.54, 1.807) is 0 Å². The SMILES string of the molecule is c1ccc(-c2ccc(Nc3ccc4c(c3)-c3ccccc3C43c4ccccc4N(c4ccccc4)c4ccccc43)cc2)cc1.c1ccc(Cc2ccc3c(c2)N(c2ccccc2)c2ccccc2C32c3ccccc3-c3ccccc32)cc1.c1ccc(Nc2cccc3c2N(c2ccccc2)c2ccccc2C32c3ccccc3-c3ccccc32)cc1. The Balaban J connectivity index is 0.000000107. The van der Waals surface area contributed by atoms with Gasteiger partial charge in [0.2, 0.25) is 0 Å². The molecule has 0 saturated heterocycles. The Labute approximate surface area is 718 Å². The molecule has 19 aromatic rings. The third-order valence-electron chi connectivity index (χ3n) is 26.1. The molecule has 3 spiro atoms. The van der Waals surface area contributed by atoms with E-state index in [1.807, 2.05) is 0 Å². The lowest BCUT2D eigenvalue weighted by molar-refractivity contribution is 0.752. The van der Waals surface area contributed by atoms with E-state index >= 15 is 0 Å². The summed E-state index contributed by atoms with van der Waals surface area (Å²) in [4.78, 5) is 7.32. The van der Waals surface area contributed by atoms with E-state index in [0.29, 0.717) is 0 Å². The number of para-hydroxylation sites is 9. The van der Waals surface area contributed by atoms with Gasteiger partial charge in [0, 0.05) is 34.1 Å². The first kappa shape index (κ1) is 72.4. The summed E-state index contributed by atoms with van der Waals surface area (Å²) in [6.07, 6.45) is 0.901. The van der Waals surface area contributed by atoms with Gasteiger partial charge in [-0.2, -0.15) is 0 Å². The number of nitrogens with zero attached hydrogens (tertiary/aromatic N) is 3. The van der Waals surface area contributed by atoms with Gasteiger partial charge in [0.05, 0.1) is 56.1 Å². The van der Waals surface area contributed by atoms with Crippen LogP contribution in [0.4, 0.5) is 73.9 Å². The van der Waals surface area contributed by atoms with Gasteiger partial charge in [0.1, 0.15) is 0 Å². The summed E-state index contributed by atoms with van der Waals surface area (Å²) >= 11 is 0. The van der Waals surface area contributed by atoms with Gasteiger partial charge in [-0.25, -0.2) is 0 Å². The van der Waals surface area contributed by atoms with Crippen LogP contribution in [0, 0.1) is 0 Å². The fourth-order valence-corrected chi connectivity index (χ4v) is 21.3. The molecule has 123 heavy (non-hydrogen) atoms. The molecule has 0 bridgehead atoms. The number of benzene rings is 19. The van der Waals surface area contributed by atoms with E-state index in [-0.39, 0.29) is 5.41 Å². The standard InChI is InChI=1S/C43H30N2.C38H27N.C37H26N2/c1-3-13-30(14-4-1)31-23-25-32(26-24-31)44-33-27-28-38-36(29-33)35-17-7-8-18-37(35)43(38)39-19-9-11-21-41(39)45(34-15-5-2-6-16-34)42-22-12-10-20-40(42)43;1-3-13-27(14-4-1)25-28-23-24-35-37(26-28)39(29-15-5-2-6-16-29)36-22-12-11-21-34(36)38(35)32-19-9-7-17-30(32)31-18-8-10-20-33(31)38;1-3-14-26(15-4-1)38-34-24-13-23-33-36(34)39(27-16-5-2-6-17-27)35-25-12-11-22-32(35)37(33)30-20-9-7-18-28(30)29-19-8-10-21-31(29)37/h1-29,44H;1-24,26H,25H2;1-25,38H. The van der Waals surface area contributed by atoms with Crippen LogP contribution in [0.3, 0.4) is 0 Å². The van der Waals surface area contributed by atoms with Crippen molar-refractivity contribution in [3.05, 3.63) is 557 Å². The van der Waals surface area contributed by atoms with Crippen molar-refractivity contribution >= 4 is 73.9 Å². The van der Waals surface area contributed by atoms with Crippen LogP contribution in [-0.4, -0.2) is 0 Å². The van der Waals surface area contributed by atoms with Crippen molar-refractivity contribution in [2.45, 2.75) is 22.7 Å². The number of rotatable bonds is 10. The van der Waals surface area contributed by atoms with Crippen LogP contribution in [0.15, 0.2) is 479 Å². The lowest BCUT2D eigenvalue weighted by Crippen LogP contribution is -2.36. The minimum absolute atomic E-state index is 0.379. The molecular weight excluding hydrogens is 1490 g/mol. The van der Waals surface area contributed by atoms with Crippen LogP contribution in [0.5, 0.6) is 0 Å². The average molecular weight is 1570 g/mol. The van der Waals surface area contributed by atoms with Gasteiger partial charge in [-0.3, -0.25) is 0 Å². The molecule has 5 nitrogen and oxygen atoms in total. The molecule has 3 heterocycles. The maximum Gasteiger partial charge on any atom is 0.0755 e. The number of anilines is 13. The summed E-state index contributed by atoms with van der Waals surface area (Å²) in [5.41, 5.74) is 42.6. The Kier molecular flexibility index (Phi) is 17.6. The molecule has 3 aliphatic heterocycles. The molecule has 0 atom stereocenters. The van der Waals surface area contributed by atoms with Crippen molar-refractivity contribution in [1.82, 2.24) is 0 Å². The largest absolute Gasteiger partial charge is 0.356 e. The molecule has 0 radical (unpaired) electrons. The fraction of sp³-hybridized carbons (Fsp3) is 0.0339. The van der Waals surface area contributed by atoms with E-state index in [1.165, 1.54) is 162 Å². The summed E-state index contributed by atoms with van der Waals surface area (Å²) in [6.45, 7) is 0. The van der Waals surface area contributed by atoms with E-state index in [0.717, 1.165) is 40.5 Å². The van der Waals surface area contributed by atoms with Crippen molar-refractivity contribution in [2.24, 2.45) is 0 Å². The average Bonchev–Trinajstić information content (AvgIpc) is 1.58. The summed E-state index contributed by atoms with van der Waals surface area (Å²) in [5, 5.41) is 7.47. The monoisotopic (exact) mass is 1570 g/mol. The molecule has 5 heteroatoms. The normalized spacial score (nSPS) is 13.7. The molecule has 25 rings (SSSR count). The van der Waals surface area contributed by atoms with Gasteiger partial charge in [0.15, 0.2) is 0 Å². The highest BCUT2D eigenvalue weighted by molar-refractivity contribution is 6.02. The second-order valence-electron chi connectivity index (χ2n) is 32.6. The van der Waals surface area contributed by atoms with Crippen LogP contribution >= 0.6 is 0 Å². The molecule has 580 valence electrons. The maximum absolute atomic E-state index is 3.78. The predicted molar refractivity (Wildman–Crippen MR) is 510 cm³/mol. The first-order valence-corrected chi connectivity index (χ1v) is 42.7. The number of hydrogen-bond acceptors (Lipinski definition) is 5. The Bertz CT molecular complexity index is 7090. The first-order valence-electron chi connectivity index (χ1n) is 42.7. The van der Waals surface area contributed by atoms with Gasteiger partial charge < -0.3 is 25.3 Å². The zero-order valence-corrected chi connectivity index (χ0v) is 67.7. The van der Waals surface area contributed by atoms with Crippen molar-refractivity contribution in [3.63, 3.8) is 0 Å². The van der Waals surface area contributed by atoms with Crippen LogP contribution in [0.2, 0.25) is 0 Å². The zero-order chi connectivity index (χ0) is 81.4. The van der Waals surface area contributed by atoms with Gasteiger partial charge in [-0.15, -0.1) is 0 Å². The van der Waals surface area contributed by atoms with Crippen LogP contribution < -0.4 is 25.3 Å². The van der Waals surface area contributed by atoms with Crippen molar-refractivity contribution < 1.29 is 0 Å². The number of fused-ring (bicyclic) bond motifs is 27. The highest BCUT2D eigenvalue weighted by Crippen LogP contribution is 2.68. The molecule has 19 aromatic carbocycles. The van der Waals surface area contributed by atoms with Gasteiger partial charge in [0.25, 0.3) is 0 Å². The zero-order valence-electron chi connectivity index (χ0n) is 67.7. The van der Waals surface area contributed by atoms with Crippen molar-refractivity contribution in [2.75, 3.05) is 25.3 Å². The molecule has 0 fully saturated rings. The molecule has 0 unspecified atom stereocenters. The van der Waals surface area contributed by atoms with Crippen LogP contribution in [0.25, 0.3) is 44.5 Å². The Morgan fingerprint density at radius 3 is 0.951 bits per heavy atom. The molecule has 0 amide bonds. The maximum atomic E-state index is 3.78. The summed E-state index contributed by atoms with van der Waals surface area (Å²) in [6, 6.07) is 174. The second-order valence-corrected chi connectivity index (χ2v) is 32.6. The topological polar surface area (TPSA) is 33.8 Å².